The predicted molar refractivity (Wildman–Crippen MR) is 67.6 cm³/mol. The Morgan fingerprint density at radius 3 is 2.81 bits per heavy atom. The first-order chi connectivity index (χ1) is 7.80. The van der Waals surface area contributed by atoms with Crippen molar-refractivity contribution in [3.8, 4) is 0 Å². The van der Waals surface area contributed by atoms with Gasteiger partial charge in [0, 0.05) is 6.04 Å². The smallest absolute Gasteiger partial charge is 0.0101 e. The molecule has 1 saturated carbocycles. The monoisotopic (exact) mass is 215 g/mol. The van der Waals surface area contributed by atoms with Crippen molar-refractivity contribution in [1.82, 2.24) is 4.90 Å². The standard InChI is InChI=1S/C15H21N/c1-16-11-5-9-15(10-8-14(16)12-15)13-6-3-2-4-7-13/h2-4,6-7,14H,5,8-12H2,1H3/t14-,15+/m0/s1. The minimum Gasteiger partial charge on any atom is -0.303 e. The highest BCUT2D eigenvalue weighted by molar-refractivity contribution is 5.28. The normalized spacial score (nSPS) is 34.9. The van der Waals surface area contributed by atoms with Crippen molar-refractivity contribution in [2.24, 2.45) is 0 Å². The molecule has 16 heavy (non-hydrogen) atoms. The first kappa shape index (κ1) is 10.3. The Bertz CT molecular complexity index is 359. The van der Waals surface area contributed by atoms with Gasteiger partial charge in [-0.05, 0) is 56.7 Å². The second kappa shape index (κ2) is 3.89. The molecule has 1 heterocycles. The van der Waals surface area contributed by atoms with Gasteiger partial charge in [-0.15, -0.1) is 0 Å². The van der Waals surface area contributed by atoms with Gasteiger partial charge in [0.05, 0.1) is 0 Å². The molecular weight excluding hydrogens is 194 g/mol. The van der Waals surface area contributed by atoms with Gasteiger partial charge < -0.3 is 4.90 Å². The maximum Gasteiger partial charge on any atom is 0.0101 e. The van der Waals surface area contributed by atoms with Gasteiger partial charge in [-0.3, -0.25) is 0 Å². The molecule has 86 valence electrons. The summed E-state index contributed by atoms with van der Waals surface area (Å²) in [5.74, 6) is 0. The summed E-state index contributed by atoms with van der Waals surface area (Å²) < 4.78 is 0. The van der Waals surface area contributed by atoms with Gasteiger partial charge in [-0.1, -0.05) is 30.3 Å². The molecule has 0 spiro atoms. The summed E-state index contributed by atoms with van der Waals surface area (Å²) in [4.78, 5) is 2.58. The van der Waals surface area contributed by atoms with Crippen LogP contribution in [0.15, 0.2) is 30.3 Å². The molecule has 2 bridgehead atoms. The molecule has 0 amide bonds. The van der Waals surface area contributed by atoms with Crippen LogP contribution in [0.5, 0.6) is 0 Å². The molecule has 1 aliphatic carbocycles. The van der Waals surface area contributed by atoms with Crippen LogP contribution in [0.2, 0.25) is 0 Å². The van der Waals surface area contributed by atoms with E-state index in [1.54, 1.807) is 5.56 Å². The van der Waals surface area contributed by atoms with Gasteiger partial charge in [0.15, 0.2) is 0 Å². The van der Waals surface area contributed by atoms with Gasteiger partial charge in [-0.2, -0.15) is 0 Å². The molecule has 0 N–H and O–H groups in total. The van der Waals surface area contributed by atoms with Crippen LogP contribution in [-0.2, 0) is 5.41 Å². The van der Waals surface area contributed by atoms with Gasteiger partial charge in [0.25, 0.3) is 0 Å². The van der Waals surface area contributed by atoms with Crippen LogP contribution >= 0.6 is 0 Å². The molecular formula is C15H21N. The van der Waals surface area contributed by atoms with E-state index < -0.39 is 0 Å². The Hall–Kier alpha value is -0.820. The van der Waals surface area contributed by atoms with Crippen molar-refractivity contribution >= 4 is 0 Å². The van der Waals surface area contributed by atoms with Crippen LogP contribution in [-0.4, -0.2) is 24.5 Å². The molecule has 2 atom stereocenters. The summed E-state index contributed by atoms with van der Waals surface area (Å²) in [7, 11) is 2.30. The molecule has 0 aromatic heterocycles. The van der Waals surface area contributed by atoms with Crippen molar-refractivity contribution in [3.63, 3.8) is 0 Å². The van der Waals surface area contributed by atoms with E-state index in [4.69, 9.17) is 0 Å². The summed E-state index contributed by atoms with van der Waals surface area (Å²) in [6.45, 7) is 1.29. The van der Waals surface area contributed by atoms with Crippen LogP contribution in [0, 0.1) is 0 Å². The SMILES string of the molecule is CN1CCC[C@@]2(c3ccccc3)CC[C@H]1C2. The van der Waals surface area contributed by atoms with Crippen LogP contribution in [0.3, 0.4) is 0 Å². The minimum atomic E-state index is 0.511. The molecule has 1 nitrogen and oxygen atoms in total. The summed E-state index contributed by atoms with van der Waals surface area (Å²) >= 11 is 0. The lowest BCUT2D eigenvalue weighted by Gasteiger charge is -2.28. The van der Waals surface area contributed by atoms with Gasteiger partial charge in [0.1, 0.15) is 0 Å². The zero-order valence-corrected chi connectivity index (χ0v) is 10.2. The third kappa shape index (κ3) is 1.58. The van der Waals surface area contributed by atoms with Crippen LogP contribution in [0.1, 0.15) is 37.7 Å². The fraction of sp³-hybridized carbons (Fsp3) is 0.600. The highest BCUT2D eigenvalue weighted by atomic mass is 15.1. The number of benzene rings is 1. The lowest BCUT2D eigenvalue weighted by molar-refractivity contribution is 0.252. The average molecular weight is 215 g/mol. The largest absolute Gasteiger partial charge is 0.303 e. The first-order valence-electron chi connectivity index (χ1n) is 6.56. The van der Waals surface area contributed by atoms with Gasteiger partial charge >= 0.3 is 0 Å². The van der Waals surface area contributed by atoms with E-state index in [1.807, 2.05) is 0 Å². The lowest BCUT2D eigenvalue weighted by atomic mass is 9.75. The van der Waals surface area contributed by atoms with Crippen LogP contribution < -0.4 is 0 Å². The Kier molecular flexibility index (Phi) is 2.51. The number of hydrogen-bond acceptors (Lipinski definition) is 1. The Morgan fingerprint density at radius 1 is 1.19 bits per heavy atom. The van der Waals surface area contributed by atoms with E-state index in [0.29, 0.717) is 5.41 Å². The molecule has 1 saturated heterocycles. The van der Waals surface area contributed by atoms with E-state index in [2.05, 4.69) is 42.3 Å². The van der Waals surface area contributed by atoms with Crippen molar-refractivity contribution in [2.75, 3.05) is 13.6 Å². The molecule has 3 rings (SSSR count). The number of fused-ring (bicyclic) bond motifs is 2. The molecule has 1 heteroatoms. The fourth-order valence-electron chi connectivity index (χ4n) is 3.75. The van der Waals surface area contributed by atoms with Crippen molar-refractivity contribution < 1.29 is 0 Å². The number of hydrogen-bond donors (Lipinski definition) is 0. The summed E-state index contributed by atoms with van der Waals surface area (Å²) in [6.07, 6.45) is 6.92. The second-order valence-corrected chi connectivity index (χ2v) is 5.63. The Labute approximate surface area is 98.5 Å². The number of likely N-dealkylation sites (tertiary alicyclic amines) is 1. The Morgan fingerprint density at radius 2 is 2.00 bits per heavy atom. The molecule has 1 aromatic carbocycles. The third-order valence-corrected chi connectivity index (χ3v) is 4.76. The van der Waals surface area contributed by atoms with Crippen molar-refractivity contribution in [1.29, 1.82) is 0 Å². The van der Waals surface area contributed by atoms with E-state index in [1.165, 1.54) is 38.6 Å². The molecule has 1 aromatic rings. The second-order valence-electron chi connectivity index (χ2n) is 5.63. The molecule has 2 aliphatic rings. The summed E-state index contributed by atoms with van der Waals surface area (Å²) in [6, 6.07) is 12.1. The lowest BCUT2D eigenvalue weighted by Crippen LogP contribution is -2.29. The van der Waals surface area contributed by atoms with Crippen molar-refractivity contribution in [3.05, 3.63) is 35.9 Å². The molecule has 0 radical (unpaired) electrons. The molecule has 2 fully saturated rings. The fourth-order valence-corrected chi connectivity index (χ4v) is 3.75. The zero-order chi connectivity index (χ0) is 11.0. The Balaban J connectivity index is 1.94. The van der Waals surface area contributed by atoms with E-state index in [0.717, 1.165) is 6.04 Å². The van der Waals surface area contributed by atoms with Gasteiger partial charge in [0.2, 0.25) is 0 Å². The first-order valence-corrected chi connectivity index (χ1v) is 6.56. The summed E-state index contributed by atoms with van der Waals surface area (Å²) in [5, 5.41) is 0. The van der Waals surface area contributed by atoms with E-state index in [9.17, 15) is 0 Å². The third-order valence-electron chi connectivity index (χ3n) is 4.76. The molecule has 1 aliphatic heterocycles. The van der Waals surface area contributed by atoms with Gasteiger partial charge in [-0.25, -0.2) is 0 Å². The number of nitrogens with zero attached hydrogens (tertiary/aromatic N) is 1. The molecule has 0 unspecified atom stereocenters. The number of rotatable bonds is 1. The highest BCUT2D eigenvalue weighted by Gasteiger charge is 2.43. The maximum absolute atomic E-state index is 2.58. The maximum atomic E-state index is 2.58. The van der Waals surface area contributed by atoms with Crippen LogP contribution in [0.25, 0.3) is 0 Å². The summed E-state index contributed by atoms with van der Waals surface area (Å²) in [5.41, 5.74) is 2.10. The minimum absolute atomic E-state index is 0.511. The predicted octanol–water partition coefficient (Wildman–Crippen LogP) is 3.20. The quantitative estimate of drug-likeness (QED) is 0.695. The van der Waals surface area contributed by atoms with Crippen molar-refractivity contribution in [2.45, 2.75) is 43.6 Å². The topological polar surface area (TPSA) is 3.24 Å². The van der Waals surface area contributed by atoms with E-state index in [-0.39, 0.29) is 0 Å². The highest BCUT2D eigenvalue weighted by Crippen LogP contribution is 2.47. The van der Waals surface area contributed by atoms with E-state index >= 15 is 0 Å². The zero-order valence-electron chi connectivity index (χ0n) is 10.2. The van der Waals surface area contributed by atoms with Crippen LogP contribution in [0.4, 0.5) is 0 Å². The average Bonchev–Trinajstić information content (AvgIpc) is 2.68.